The van der Waals surface area contributed by atoms with Gasteiger partial charge in [0.25, 0.3) is 0 Å². The number of rotatable bonds is 4. The van der Waals surface area contributed by atoms with Crippen LogP contribution in [0.3, 0.4) is 0 Å². The lowest BCUT2D eigenvalue weighted by Crippen LogP contribution is -2.17. The summed E-state index contributed by atoms with van der Waals surface area (Å²) >= 11 is 1.13. The van der Waals surface area contributed by atoms with E-state index < -0.39 is 7.14 Å². The summed E-state index contributed by atoms with van der Waals surface area (Å²) in [5, 5.41) is 1.59. The second-order valence-electron chi connectivity index (χ2n) is 4.18. The Morgan fingerprint density at radius 1 is 0.947 bits per heavy atom. The third-order valence-corrected chi connectivity index (χ3v) is 7.44. The molecule has 2 nitrogen and oxygen atoms in total. The molecule has 0 bridgehead atoms. The SMILES string of the molecule is CC(=O)SCP(=O)(c1ccccc1)c1ccccc1. The molecule has 0 saturated carbocycles. The van der Waals surface area contributed by atoms with Crippen molar-refractivity contribution in [2.24, 2.45) is 0 Å². The van der Waals surface area contributed by atoms with Gasteiger partial charge in [0.2, 0.25) is 0 Å². The quantitative estimate of drug-likeness (QED) is 0.811. The Kier molecular flexibility index (Phi) is 4.62. The Morgan fingerprint density at radius 2 is 1.37 bits per heavy atom. The number of benzene rings is 2. The third-order valence-electron chi connectivity index (χ3n) is 2.80. The molecule has 0 radical (unpaired) electrons. The molecule has 0 spiro atoms. The minimum atomic E-state index is -2.74. The van der Waals surface area contributed by atoms with Crippen molar-refractivity contribution in [3.63, 3.8) is 0 Å². The van der Waals surface area contributed by atoms with Crippen molar-refractivity contribution >= 4 is 34.6 Å². The normalized spacial score (nSPS) is 11.2. The van der Waals surface area contributed by atoms with Gasteiger partial charge in [-0.05, 0) is 0 Å². The maximum atomic E-state index is 13.3. The van der Waals surface area contributed by atoms with Crippen LogP contribution in [0.5, 0.6) is 0 Å². The van der Waals surface area contributed by atoms with E-state index in [1.807, 2.05) is 60.7 Å². The topological polar surface area (TPSA) is 34.1 Å². The second kappa shape index (κ2) is 6.23. The van der Waals surface area contributed by atoms with Crippen LogP contribution in [0.15, 0.2) is 60.7 Å². The van der Waals surface area contributed by atoms with Gasteiger partial charge in [0.05, 0.1) is 5.49 Å². The predicted octanol–water partition coefficient (Wildman–Crippen LogP) is 3.24. The number of carbonyl (C=O) groups excluding carboxylic acids is 1. The van der Waals surface area contributed by atoms with E-state index in [9.17, 15) is 9.36 Å². The minimum absolute atomic E-state index is 0.00733. The van der Waals surface area contributed by atoms with Gasteiger partial charge in [0.15, 0.2) is 12.3 Å². The first-order chi connectivity index (χ1) is 9.13. The zero-order valence-corrected chi connectivity index (χ0v) is 12.4. The highest BCUT2D eigenvalue weighted by Gasteiger charge is 2.27. The summed E-state index contributed by atoms with van der Waals surface area (Å²) < 4.78 is 13.3. The van der Waals surface area contributed by atoms with Gasteiger partial charge in [-0.1, -0.05) is 72.4 Å². The van der Waals surface area contributed by atoms with Gasteiger partial charge in [-0.2, -0.15) is 0 Å². The van der Waals surface area contributed by atoms with Crippen LogP contribution in [0.25, 0.3) is 0 Å². The van der Waals surface area contributed by atoms with E-state index in [0.29, 0.717) is 5.49 Å². The van der Waals surface area contributed by atoms with Crippen LogP contribution in [-0.2, 0) is 9.36 Å². The summed E-state index contributed by atoms with van der Waals surface area (Å²) in [6.07, 6.45) is 0. The van der Waals surface area contributed by atoms with Gasteiger partial charge in [-0.15, -0.1) is 0 Å². The standard InChI is InChI=1S/C15H15O2PS/c1-13(16)19-12-18(17,14-8-4-2-5-9-14)15-10-6-3-7-11-15/h2-11H,12H2,1H3. The summed E-state index contributed by atoms with van der Waals surface area (Å²) in [6, 6.07) is 18.8. The van der Waals surface area contributed by atoms with E-state index in [1.54, 1.807) is 0 Å². The number of hydrogen-bond acceptors (Lipinski definition) is 3. The molecule has 0 aromatic heterocycles. The first kappa shape index (κ1) is 14.1. The van der Waals surface area contributed by atoms with E-state index in [4.69, 9.17) is 0 Å². The largest absolute Gasteiger partial charge is 0.313 e. The maximum Gasteiger partial charge on any atom is 0.186 e. The fourth-order valence-electron chi connectivity index (χ4n) is 1.82. The molecule has 98 valence electrons. The van der Waals surface area contributed by atoms with E-state index in [0.717, 1.165) is 22.4 Å². The molecular formula is C15H15O2PS. The Balaban J connectivity index is 2.45. The summed E-state index contributed by atoms with van der Waals surface area (Å²) in [5.74, 6) is 0. The Labute approximate surface area is 117 Å². The molecule has 0 aliphatic carbocycles. The first-order valence-electron chi connectivity index (χ1n) is 5.96. The van der Waals surface area contributed by atoms with Crippen LogP contribution in [0.2, 0.25) is 0 Å². The van der Waals surface area contributed by atoms with Crippen molar-refractivity contribution < 1.29 is 9.36 Å². The summed E-state index contributed by atoms with van der Waals surface area (Å²) in [6.45, 7) is 1.50. The lowest BCUT2D eigenvalue weighted by Gasteiger charge is -2.18. The molecule has 0 heterocycles. The molecule has 2 aromatic carbocycles. The molecular weight excluding hydrogens is 275 g/mol. The molecule has 19 heavy (non-hydrogen) atoms. The minimum Gasteiger partial charge on any atom is -0.313 e. The van der Waals surface area contributed by atoms with Crippen LogP contribution in [-0.4, -0.2) is 10.6 Å². The van der Waals surface area contributed by atoms with Crippen molar-refractivity contribution in [3.05, 3.63) is 60.7 Å². The molecule has 0 unspecified atom stereocenters. The highest BCUT2D eigenvalue weighted by atomic mass is 32.2. The first-order valence-corrected chi connectivity index (χ1v) is 8.84. The van der Waals surface area contributed by atoms with Crippen LogP contribution >= 0.6 is 18.9 Å². The van der Waals surface area contributed by atoms with Crippen LogP contribution in [0.1, 0.15) is 6.92 Å². The van der Waals surface area contributed by atoms with Gasteiger partial charge in [-0.25, -0.2) is 0 Å². The van der Waals surface area contributed by atoms with Crippen molar-refractivity contribution in [2.75, 3.05) is 5.49 Å². The smallest absolute Gasteiger partial charge is 0.186 e. The zero-order chi connectivity index (χ0) is 13.7. The van der Waals surface area contributed by atoms with Crippen LogP contribution in [0.4, 0.5) is 0 Å². The lowest BCUT2D eigenvalue weighted by atomic mass is 10.4. The van der Waals surface area contributed by atoms with Crippen molar-refractivity contribution in [1.82, 2.24) is 0 Å². The molecule has 0 saturated heterocycles. The highest BCUT2D eigenvalue weighted by Crippen LogP contribution is 2.46. The van der Waals surface area contributed by atoms with E-state index >= 15 is 0 Å². The maximum absolute atomic E-state index is 13.3. The fraction of sp³-hybridized carbons (Fsp3) is 0.133. The number of carbonyl (C=O) groups is 1. The van der Waals surface area contributed by atoms with E-state index in [2.05, 4.69) is 0 Å². The molecule has 0 atom stereocenters. The average Bonchev–Trinajstić information content (AvgIpc) is 2.46. The van der Waals surface area contributed by atoms with Gasteiger partial charge >= 0.3 is 0 Å². The van der Waals surface area contributed by atoms with Gasteiger partial charge in [0, 0.05) is 17.5 Å². The molecule has 2 rings (SSSR count). The number of hydrogen-bond donors (Lipinski definition) is 0. The van der Waals surface area contributed by atoms with Crippen LogP contribution < -0.4 is 10.6 Å². The van der Waals surface area contributed by atoms with Gasteiger partial charge in [0.1, 0.15) is 0 Å². The van der Waals surface area contributed by atoms with Crippen molar-refractivity contribution in [1.29, 1.82) is 0 Å². The summed E-state index contributed by atoms with van der Waals surface area (Å²) in [7, 11) is -2.74. The van der Waals surface area contributed by atoms with E-state index in [1.165, 1.54) is 6.92 Å². The molecule has 0 aliphatic heterocycles. The Hall–Kier alpha value is -1.31. The molecule has 0 fully saturated rings. The van der Waals surface area contributed by atoms with Crippen molar-refractivity contribution in [2.45, 2.75) is 6.92 Å². The zero-order valence-electron chi connectivity index (χ0n) is 10.7. The lowest BCUT2D eigenvalue weighted by molar-refractivity contribution is -0.109. The van der Waals surface area contributed by atoms with Gasteiger partial charge < -0.3 is 4.57 Å². The van der Waals surface area contributed by atoms with E-state index in [-0.39, 0.29) is 5.12 Å². The second-order valence-corrected chi connectivity index (χ2v) is 8.58. The monoisotopic (exact) mass is 290 g/mol. The Bertz CT molecular complexity index is 553. The molecule has 0 amide bonds. The molecule has 0 aliphatic rings. The fourth-order valence-corrected chi connectivity index (χ4v) is 6.07. The summed E-state index contributed by atoms with van der Waals surface area (Å²) in [4.78, 5) is 11.2. The third kappa shape index (κ3) is 3.37. The van der Waals surface area contributed by atoms with Crippen molar-refractivity contribution in [3.8, 4) is 0 Å². The Morgan fingerprint density at radius 3 is 1.74 bits per heavy atom. The number of thioether (sulfide) groups is 1. The molecule has 0 N–H and O–H groups in total. The predicted molar refractivity (Wildman–Crippen MR) is 82.9 cm³/mol. The molecule has 4 heteroatoms. The molecule has 2 aromatic rings. The highest BCUT2D eigenvalue weighted by molar-refractivity contribution is 8.19. The average molecular weight is 290 g/mol. The van der Waals surface area contributed by atoms with Crippen LogP contribution in [0, 0.1) is 0 Å². The summed E-state index contributed by atoms with van der Waals surface area (Å²) in [5.41, 5.74) is 0.316. The van der Waals surface area contributed by atoms with Gasteiger partial charge in [-0.3, -0.25) is 4.79 Å².